The minimum Gasteiger partial charge on any atom is -0.508 e. The Morgan fingerprint density at radius 1 is 1.10 bits per heavy atom. The Labute approximate surface area is 227 Å². The van der Waals surface area contributed by atoms with Crippen LogP contribution in [0.25, 0.3) is 0 Å². The van der Waals surface area contributed by atoms with Crippen molar-refractivity contribution in [1.29, 1.82) is 0 Å². The number of aromatic hydroxyl groups is 1. The number of hydrogen-bond acceptors (Lipinski definition) is 5. The molecule has 3 atom stereocenters. The minimum absolute atomic E-state index is 0.0421. The number of rotatable bonds is 10. The zero-order chi connectivity index (χ0) is 29.0. The smallest absolute Gasteiger partial charge is 0.406 e. The van der Waals surface area contributed by atoms with Crippen molar-refractivity contribution in [3.8, 4) is 5.75 Å². The first kappa shape index (κ1) is 30.6. The molecule has 3 rings (SSSR count). The van der Waals surface area contributed by atoms with Gasteiger partial charge in [0.15, 0.2) is 5.78 Å². The average Bonchev–Trinajstić information content (AvgIpc) is 2.86. The molecule has 2 N–H and O–H groups in total. The Morgan fingerprint density at radius 2 is 1.79 bits per heavy atom. The molecule has 10 heteroatoms. The fourth-order valence-electron chi connectivity index (χ4n) is 5.81. The van der Waals surface area contributed by atoms with Gasteiger partial charge in [0.25, 0.3) is 0 Å². The Kier molecular flexibility index (Phi) is 9.77. The van der Waals surface area contributed by atoms with E-state index in [0.717, 1.165) is 7.05 Å². The second-order valence-electron chi connectivity index (χ2n) is 10.8. The van der Waals surface area contributed by atoms with Gasteiger partial charge < -0.3 is 20.2 Å². The number of phenolic OH excluding ortho intramolecular Hbond substituents is 1. The number of carbonyl (C=O) groups excluding carboxylic acids is 2. The third kappa shape index (κ3) is 7.16. The third-order valence-corrected chi connectivity index (χ3v) is 7.58. The van der Waals surface area contributed by atoms with E-state index in [9.17, 15) is 32.3 Å². The second-order valence-corrected chi connectivity index (χ2v) is 10.8. The van der Waals surface area contributed by atoms with E-state index in [0.29, 0.717) is 29.8 Å². The number of alkyl halides is 3. The summed E-state index contributed by atoms with van der Waals surface area (Å²) in [5, 5.41) is 13.2. The minimum atomic E-state index is -4.61. The van der Waals surface area contributed by atoms with Crippen molar-refractivity contribution in [2.45, 2.75) is 38.3 Å². The van der Waals surface area contributed by atoms with Gasteiger partial charge in [-0.15, -0.1) is 0 Å². The molecule has 0 saturated carbocycles. The quantitative estimate of drug-likeness (QED) is 0.253. The number of nitrogens with zero attached hydrogens (tertiary/aromatic N) is 2. The molecule has 214 valence electrons. The summed E-state index contributed by atoms with van der Waals surface area (Å²) in [6.45, 7) is 1.02. The highest BCUT2D eigenvalue weighted by atomic mass is 19.4. The number of amides is 1. The maximum atomic E-state index is 14.9. The zero-order valence-corrected chi connectivity index (χ0v) is 22.8. The van der Waals surface area contributed by atoms with Gasteiger partial charge in [-0.25, -0.2) is 4.39 Å². The summed E-state index contributed by atoms with van der Waals surface area (Å²) < 4.78 is 55.1. The lowest BCUT2D eigenvalue weighted by Crippen LogP contribution is -2.60. The summed E-state index contributed by atoms with van der Waals surface area (Å²) in [5.41, 5.74) is -0.556. The molecule has 1 aliphatic heterocycles. The van der Waals surface area contributed by atoms with Gasteiger partial charge in [0.05, 0.1) is 5.41 Å². The molecule has 6 nitrogen and oxygen atoms in total. The third-order valence-electron chi connectivity index (χ3n) is 7.58. The highest BCUT2D eigenvalue weighted by molar-refractivity contribution is 6.00. The van der Waals surface area contributed by atoms with Crippen molar-refractivity contribution >= 4 is 11.7 Å². The van der Waals surface area contributed by atoms with Gasteiger partial charge in [0.2, 0.25) is 5.91 Å². The van der Waals surface area contributed by atoms with Gasteiger partial charge in [0, 0.05) is 37.5 Å². The number of benzene rings is 2. The van der Waals surface area contributed by atoms with Crippen molar-refractivity contribution < 1.29 is 32.3 Å². The lowest BCUT2D eigenvalue weighted by molar-refractivity contribution is -0.167. The van der Waals surface area contributed by atoms with Crippen LogP contribution < -0.4 is 5.32 Å². The Bertz CT molecular complexity index is 1170. The molecule has 1 amide bonds. The summed E-state index contributed by atoms with van der Waals surface area (Å²) in [6, 6.07) is 10.2. The van der Waals surface area contributed by atoms with Gasteiger partial charge >= 0.3 is 6.18 Å². The van der Waals surface area contributed by atoms with Crippen molar-refractivity contribution in [3.63, 3.8) is 0 Å². The average molecular weight is 552 g/mol. The van der Waals surface area contributed by atoms with Crippen LogP contribution in [0.4, 0.5) is 17.6 Å². The van der Waals surface area contributed by atoms with Gasteiger partial charge in [-0.05, 0) is 69.7 Å². The number of halogens is 4. The standard InChI is InChI=1S/C29H37F4N3O3/c1-19-22(11-8-12-24(19)30)25-23(26(38)20-9-7-10-21(37)15-20)16-34-17-28(25,13-5-6-14-35(2)3)27(39)36(4)18-29(31,32)33/h7-12,15,23,25,34,37H,5-6,13-14,16-18H2,1-4H3/t23?,25?,28-/m1/s1. The molecule has 1 fully saturated rings. The first-order chi connectivity index (χ1) is 18.3. The molecule has 1 aliphatic rings. The maximum absolute atomic E-state index is 14.9. The number of piperidine rings is 1. The number of phenols is 1. The van der Waals surface area contributed by atoms with Crippen LogP contribution in [-0.4, -0.2) is 80.1 Å². The summed E-state index contributed by atoms with van der Waals surface area (Å²) in [6.07, 6.45) is -3.20. The van der Waals surface area contributed by atoms with Crippen LogP contribution in [0, 0.1) is 24.1 Å². The number of ketones is 1. The van der Waals surface area contributed by atoms with Gasteiger partial charge in [-0.3, -0.25) is 9.59 Å². The number of nitrogens with one attached hydrogen (secondary N) is 1. The van der Waals surface area contributed by atoms with Crippen LogP contribution in [0.2, 0.25) is 0 Å². The Balaban J connectivity index is 2.19. The molecule has 2 aromatic rings. The highest BCUT2D eigenvalue weighted by Crippen LogP contribution is 2.50. The lowest BCUT2D eigenvalue weighted by Gasteiger charge is -2.49. The van der Waals surface area contributed by atoms with E-state index < -0.39 is 41.7 Å². The summed E-state index contributed by atoms with van der Waals surface area (Å²) in [7, 11) is 4.93. The van der Waals surface area contributed by atoms with E-state index in [2.05, 4.69) is 5.32 Å². The second kappa shape index (κ2) is 12.5. The highest BCUT2D eigenvalue weighted by Gasteiger charge is 2.55. The lowest BCUT2D eigenvalue weighted by atomic mass is 9.59. The molecule has 0 aliphatic carbocycles. The van der Waals surface area contributed by atoms with Crippen LogP contribution in [0.15, 0.2) is 42.5 Å². The molecule has 2 aromatic carbocycles. The van der Waals surface area contributed by atoms with Crippen LogP contribution in [-0.2, 0) is 4.79 Å². The van der Waals surface area contributed by atoms with Crippen molar-refractivity contribution in [1.82, 2.24) is 15.1 Å². The fourth-order valence-corrected chi connectivity index (χ4v) is 5.81. The van der Waals surface area contributed by atoms with E-state index in [1.165, 1.54) is 30.3 Å². The first-order valence-corrected chi connectivity index (χ1v) is 13.0. The molecule has 2 unspecified atom stereocenters. The summed E-state index contributed by atoms with van der Waals surface area (Å²) >= 11 is 0. The molecule has 0 radical (unpaired) electrons. The first-order valence-electron chi connectivity index (χ1n) is 13.0. The van der Waals surface area contributed by atoms with Gasteiger partial charge in [-0.2, -0.15) is 13.2 Å². The molecule has 39 heavy (non-hydrogen) atoms. The SMILES string of the molecule is Cc1c(F)cccc1C1C(C(=O)c2cccc(O)c2)CNC[C@@]1(CCCCN(C)C)C(=O)N(C)CC(F)(F)F. The topological polar surface area (TPSA) is 72.9 Å². The van der Waals surface area contributed by atoms with Crippen LogP contribution in [0.3, 0.4) is 0 Å². The molecule has 0 aromatic heterocycles. The normalized spacial score (nSPS) is 21.7. The number of hydrogen-bond donors (Lipinski definition) is 2. The van der Waals surface area contributed by atoms with E-state index in [1.807, 2.05) is 19.0 Å². The van der Waals surface area contributed by atoms with Crippen molar-refractivity contribution in [2.75, 3.05) is 47.3 Å². The fraction of sp³-hybridized carbons (Fsp3) is 0.517. The summed E-state index contributed by atoms with van der Waals surface area (Å²) in [4.78, 5) is 30.7. The van der Waals surface area contributed by atoms with E-state index >= 15 is 0 Å². The zero-order valence-electron chi connectivity index (χ0n) is 22.8. The number of unbranched alkanes of at least 4 members (excludes halogenated alkanes) is 1. The molecular formula is C29H37F4N3O3. The van der Waals surface area contributed by atoms with Crippen molar-refractivity contribution in [2.24, 2.45) is 11.3 Å². The largest absolute Gasteiger partial charge is 0.508 e. The van der Waals surface area contributed by atoms with Gasteiger partial charge in [-0.1, -0.05) is 30.7 Å². The molecular weight excluding hydrogens is 514 g/mol. The Hall–Kier alpha value is -2.98. The maximum Gasteiger partial charge on any atom is 0.406 e. The predicted octanol–water partition coefficient (Wildman–Crippen LogP) is 4.76. The molecule has 1 saturated heterocycles. The number of Topliss-reactive ketones (excluding diaryl/α,β-unsaturated/α-hetero) is 1. The van der Waals surface area contributed by atoms with Crippen LogP contribution in [0.1, 0.15) is 46.7 Å². The van der Waals surface area contributed by atoms with Crippen molar-refractivity contribution in [3.05, 3.63) is 65.0 Å². The van der Waals surface area contributed by atoms with Gasteiger partial charge in [0.1, 0.15) is 18.1 Å². The molecule has 1 heterocycles. The summed E-state index contributed by atoms with van der Waals surface area (Å²) in [5.74, 6) is -3.54. The van der Waals surface area contributed by atoms with E-state index in [4.69, 9.17) is 0 Å². The molecule has 0 bridgehead atoms. The van der Waals surface area contributed by atoms with Crippen LogP contribution in [0.5, 0.6) is 5.75 Å². The predicted molar refractivity (Wildman–Crippen MR) is 141 cm³/mol. The van der Waals surface area contributed by atoms with Crippen LogP contribution >= 0.6 is 0 Å². The van der Waals surface area contributed by atoms with E-state index in [-0.39, 0.29) is 42.2 Å². The Morgan fingerprint density at radius 3 is 2.44 bits per heavy atom. The number of carbonyl (C=O) groups is 2. The molecule has 0 spiro atoms. The van der Waals surface area contributed by atoms with E-state index in [1.54, 1.807) is 19.1 Å². The monoisotopic (exact) mass is 551 g/mol.